The van der Waals surface area contributed by atoms with Crippen LogP contribution >= 0.6 is 0 Å². The monoisotopic (exact) mass is 212 g/mol. The minimum Gasteiger partial charge on any atom is -0.303 e. The first kappa shape index (κ1) is 11.8. The second-order valence-electron chi connectivity index (χ2n) is 3.55. The quantitative estimate of drug-likeness (QED) is 0.683. The van der Waals surface area contributed by atoms with E-state index in [0.717, 1.165) is 25.2 Å². The molecule has 0 heterocycles. The van der Waals surface area contributed by atoms with E-state index in [4.69, 9.17) is 0 Å². The van der Waals surface area contributed by atoms with Crippen molar-refractivity contribution in [3.63, 3.8) is 0 Å². The van der Waals surface area contributed by atoms with Crippen LogP contribution in [-0.4, -0.2) is 6.29 Å². The molecule has 0 aliphatic heterocycles. The molecule has 3 heteroatoms. The Morgan fingerprint density at radius 2 is 2.13 bits per heavy atom. The lowest BCUT2D eigenvalue weighted by molar-refractivity contribution is -0.109. The van der Waals surface area contributed by atoms with Gasteiger partial charge in [-0.15, -0.1) is 0 Å². The maximum Gasteiger partial charge on any atom is 0.130 e. The molecule has 1 nitrogen and oxygen atoms in total. The van der Waals surface area contributed by atoms with Crippen molar-refractivity contribution in [2.45, 2.75) is 32.1 Å². The summed E-state index contributed by atoms with van der Waals surface area (Å²) < 4.78 is 26.0. The average Bonchev–Trinajstić information content (AvgIpc) is 2.21. The Morgan fingerprint density at radius 1 is 1.40 bits per heavy atom. The highest BCUT2D eigenvalue weighted by Crippen LogP contribution is 2.23. The van der Waals surface area contributed by atoms with Crippen LogP contribution in [0.15, 0.2) is 18.2 Å². The van der Waals surface area contributed by atoms with E-state index in [2.05, 4.69) is 0 Å². The van der Waals surface area contributed by atoms with Gasteiger partial charge in [0, 0.05) is 12.0 Å². The molecule has 1 rings (SSSR count). The van der Waals surface area contributed by atoms with Crippen molar-refractivity contribution in [3.8, 4) is 0 Å². The molecule has 0 saturated carbocycles. The molecule has 0 radical (unpaired) electrons. The molecule has 82 valence electrons. The molecule has 0 amide bonds. The highest BCUT2D eigenvalue weighted by atomic mass is 19.1. The molecule has 0 spiro atoms. The minimum absolute atomic E-state index is 0.292. The average molecular weight is 212 g/mol. The fourth-order valence-corrected chi connectivity index (χ4v) is 1.52. The largest absolute Gasteiger partial charge is 0.303 e. The molecule has 0 saturated heterocycles. The zero-order valence-corrected chi connectivity index (χ0v) is 8.67. The van der Waals surface area contributed by atoms with Crippen molar-refractivity contribution < 1.29 is 13.6 Å². The Morgan fingerprint density at radius 3 is 2.67 bits per heavy atom. The highest BCUT2D eigenvalue weighted by Gasteiger charge is 2.14. The topological polar surface area (TPSA) is 17.1 Å². The normalized spacial score (nSPS) is 12.5. The van der Waals surface area contributed by atoms with Crippen LogP contribution in [0.1, 0.15) is 37.7 Å². The molecule has 1 unspecified atom stereocenters. The Bertz CT molecular complexity index is 336. The number of aldehydes is 1. The predicted octanol–water partition coefficient (Wildman–Crippen LogP) is 3.44. The van der Waals surface area contributed by atoms with Crippen LogP contribution in [-0.2, 0) is 4.79 Å². The van der Waals surface area contributed by atoms with Crippen LogP contribution < -0.4 is 0 Å². The van der Waals surface area contributed by atoms with Gasteiger partial charge in [0.1, 0.15) is 17.9 Å². The van der Waals surface area contributed by atoms with Gasteiger partial charge in [-0.05, 0) is 18.1 Å². The van der Waals surface area contributed by atoms with Gasteiger partial charge in [0.2, 0.25) is 0 Å². The summed E-state index contributed by atoms with van der Waals surface area (Å²) in [6.07, 6.45) is 3.15. The Hall–Kier alpha value is -1.25. The Balaban J connectivity index is 2.86. The number of halogens is 2. The summed E-state index contributed by atoms with van der Waals surface area (Å²) in [6.45, 7) is 2.00. The maximum atomic E-state index is 13.3. The first-order valence-corrected chi connectivity index (χ1v) is 5.09. The molecule has 1 atom stereocenters. The highest BCUT2D eigenvalue weighted by molar-refractivity contribution is 5.62. The molecular formula is C12H14F2O. The molecular weight excluding hydrogens is 198 g/mol. The number of unbranched alkanes of at least 4 members (excludes halogenated alkanes) is 1. The molecule has 0 aliphatic carbocycles. The molecule has 0 aromatic heterocycles. The van der Waals surface area contributed by atoms with Gasteiger partial charge in [-0.1, -0.05) is 25.8 Å². The third kappa shape index (κ3) is 3.11. The third-order valence-corrected chi connectivity index (χ3v) is 2.39. The first-order valence-electron chi connectivity index (χ1n) is 5.09. The number of carbonyl (C=O) groups excluding carboxylic acids is 1. The molecule has 0 N–H and O–H groups in total. The van der Waals surface area contributed by atoms with Crippen LogP contribution in [0.3, 0.4) is 0 Å². The minimum atomic E-state index is -0.636. The lowest BCUT2D eigenvalue weighted by Gasteiger charge is -2.10. The van der Waals surface area contributed by atoms with Crippen molar-refractivity contribution in [1.29, 1.82) is 0 Å². The summed E-state index contributed by atoms with van der Waals surface area (Å²) in [4.78, 5) is 10.8. The van der Waals surface area contributed by atoms with Gasteiger partial charge in [-0.2, -0.15) is 0 Å². The van der Waals surface area contributed by atoms with Crippen LogP contribution in [0.4, 0.5) is 8.78 Å². The fraction of sp³-hybridized carbons (Fsp3) is 0.417. The van der Waals surface area contributed by atoms with Crippen LogP contribution in [0.25, 0.3) is 0 Å². The standard InChI is InChI=1S/C12H14F2O/c1-2-3-4-9(8-15)11-6-5-10(13)7-12(11)14/h5-9H,2-4H2,1H3. The fourth-order valence-electron chi connectivity index (χ4n) is 1.52. The van der Waals surface area contributed by atoms with Gasteiger partial charge < -0.3 is 4.79 Å². The van der Waals surface area contributed by atoms with Crippen molar-refractivity contribution in [1.82, 2.24) is 0 Å². The van der Waals surface area contributed by atoms with Crippen molar-refractivity contribution in [2.75, 3.05) is 0 Å². The molecule has 1 aromatic rings. The summed E-state index contributed by atoms with van der Waals surface area (Å²) in [5.41, 5.74) is 0.292. The van der Waals surface area contributed by atoms with E-state index in [9.17, 15) is 13.6 Å². The van der Waals surface area contributed by atoms with E-state index in [0.29, 0.717) is 12.0 Å². The number of rotatable bonds is 5. The Kier molecular flexibility index (Phi) is 4.40. The first-order chi connectivity index (χ1) is 7.19. The van der Waals surface area contributed by atoms with E-state index in [1.165, 1.54) is 12.1 Å². The molecule has 0 aliphatic rings. The van der Waals surface area contributed by atoms with E-state index < -0.39 is 17.6 Å². The van der Waals surface area contributed by atoms with Gasteiger partial charge in [0.05, 0.1) is 0 Å². The summed E-state index contributed by atoms with van der Waals surface area (Å²) in [6, 6.07) is 3.35. The smallest absolute Gasteiger partial charge is 0.130 e. The van der Waals surface area contributed by atoms with Crippen LogP contribution in [0.5, 0.6) is 0 Å². The Labute approximate surface area is 88.1 Å². The van der Waals surface area contributed by atoms with E-state index >= 15 is 0 Å². The van der Waals surface area contributed by atoms with Gasteiger partial charge in [-0.3, -0.25) is 0 Å². The summed E-state index contributed by atoms with van der Waals surface area (Å²) in [5.74, 6) is -1.70. The zero-order valence-electron chi connectivity index (χ0n) is 8.67. The third-order valence-electron chi connectivity index (χ3n) is 2.39. The molecule has 0 bridgehead atoms. The number of benzene rings is 1. The van der Waals surface area contributed by atoms with Crippen LogP contribution in [0, 0.1) is 11.6 Å². The SMILES string of the molecule is CCCCC(C=O)c1ccc(F)cc1F. The lowest BCUT2D eigenvalue weighted by Crippen LogP contribution is -2.03. The summed E-state index contributed by atoms with van der Waals surface area (Å²) >= 11 is 0. The van der Waals surface area contributed by atoms with Gasteiger partial charge >= 0.3 is 0 Å². The van der Waals surface area contributed by atoms with E-state index in [1.807, 2.05) is 6.92 Å². The van der Waals surface area contributed by atoms with Gasteiger partial charge in [-0.25, -0.2) is 8.78 Å². The predicted molar refractivity (Wildman–Crippen MR) is 54.7 cm³/mol. The summed E-state index contributed by atoms with van der Waals surface area (Å²) in [7, 11) is 0. The van der Waals surface area contributed by atoms with Gasteiger partial charge in [0.25, 0.3) is 0 Å². The lowest BCUT2D eigenvalue weighted by atomic mass is 9.94. The van der Waals surface area contributed by atoms with Gasteiger partial charge in [0.15, 0.2) is 0 Å². The molecule has 15 heavy (non-hydrogen) atoms. The number of carbonyl (C=O) groups is 1. The summed E-state index contributed by atoms with van der Waals surface area (Å²) in [5, 5.41) is 0. The maximum absolute atomic E-state index is 13.3. The van der Waals surface area contributed by atoms with Crippen molar-refractivity contribution in [2.24, 2.45) is 0 Å². The van der Waals surface area contributed by atoms with Crippen molar-refractivity contribution >= 4 is 6.29 Å². The second kappa shape index (κ2) is 5.59. The van der Waals surface area contributed by atoms with Crippen LogP contribution in [0.2, 0.25) is 0 Å². The number of hydrogen-bond acceptors (Lipinski definition) is 1. The second-order valence-corrected chi connectivity index (χ2v) is 3.55. The molecule has 1 aromatic carbocycles. The zero-order chi connectivity index (χ0) is 11.3. The van der Waals surface area contributed by atoms with E-state index in [1.54, 1.807) is 0 Å². The van der Waals surface area contributed by atoms with E-state index in [-0.39, 0.29) is 0 Å². The van der Waals surface area contributed by atoms with Crippen molar-refractivity contribution in [3.05, 3.63) is 35.4 Å². The number of hydrogen-bond donors (Lipinski definition) is 0. The molecule has 0 fully saturated rings.